The number of rotatable bonds is 2. The van der Waals surface area contributed by atoms with E-state index in [-0.39, 0.29) is 11.2 Å². The van der Waals surface area contributed by atoms with E-state index in [1.807, 2.05) is 24.3 Å². The Morgan fingerprint density at radius 1 is 1.38 bits per heavy atom. The minimum Gasteiger partial charge on any atom is -0.324 e. The molecule has 0 spiro atoms. The summed E-state index contributed by atoms with van der Waals surface area (Å²) in [5.41, 5.74) is 3.19. The van der Waals surface area contributed by atoms with Crippen LogP contribution in [0.5, 0.6) is 0 Å². The van der Waals surface area contributed by atoms with Crippen LogP contribution in [0, 0.1) is 11.3 Å². The Balaban J connectivity index is 1.86. The summed E-state index contributed by atoms with van der Waals surface area (Å²) in [6, 6.07) is 11.7. The largest absolute Gasteiger partial charge is 0.324 e. The normalized spacial score (nSPS) is 16.6. The summed E-state index contributed by atoms with van der Waals surface area (Å²) in [7, 11) is 0. The van der Waals surface area contributed by atoms with Crippen LogP contribution >= 0.6 is 11.8 Å². The van der Waals surface area contributed by atoms with Crippen LogP contribution < -0.4 is 5.32 Å². The van der Waals surface area contributed by atoms with Crippen molar-refractivity contribution in [2.24, 2.45) is 0 Å². The van der Waals surface area contributed by atoms with E-state index in [2.05, 4.69) is 16.4 Å². The van der Waals surface area contributed by atoms with E-state index >= 15 is 0 Å². The molecule has 0 saturated heterocycles. The Bertz CT molecular complexity index is 723. The molecule has 1 amide bonds. The molecule has 1 atom stereocenters. The molecule has 3 rings (SSSR count). The minimum atomic E-state index is -0.227. The molecule has 104 valence electrons. The van der Waals surface area contributed by atoms with Gasteiger partial charge in [-0.05, 0) is 29.4 Å². The van der Waals surface area contributed by atoms with Crippen molar-refractivity contribution in [3.8, 4) is 6.07 Å². The van der Waals surface area contributed by atoms with Crippen molar-refractivity contribution < 1.29 is 4.79 Å². The highest BCUT2D eigenvalue weighted by molar-refractivity contribution is 8.00. The maximum atomic E-state index is 12.5. The lowest BCUT2D eigenvalue weighted by molar-refractivity contribution is -0.115. The van der Waals surface area contributed by atoms with E-state index in [9.17, 15) is 4.79 Å². The molecule has 1 aromatic heterocycles. The summed E-state index contributed by atoms with van der Waals surface area (Å²) in [5, 5.41) is 11.7. The first-order valence-corrected chi connectivity index (χ1v) is 7.69. The monoisotopic (exact) mass is 295 g/mol. The molecule has 0 bridgehead atoms. The number of aromatic nitrogens is 1. The quantitative estimate of drug-likeness (QED) is 0.925. The molecule has 21 heavy (non-hydrogen) atoms. The number of anilines is 1. The average molecular weight is 295 g/mol. The highest BCUT2D eigenvalue weighted by Crippen LogP contribution is 2.37. The Hall–Kier alpha value is -2.32. The number of nitrogens with zero attached hydrogens (tertiary/aromatic N) is 2. The highest BCUT2D eigenvalue weighted by Gasteiger charge is 2.27. The van der Waals surface area contributed by atoms with Gasteiger partial charge < -0.3 is 5.32 Å². The van der Waals surface area contributed by atoms with E-state index in [0.29, 0.717) is 11.3 Å². The fraction of sp³-hybridized carbons (Fsp3) is 0.188. The number of carbonyl (C=O) groups excluding carboxylic acids is 1. The van der Waals surface area contributed by atoms with Gasteiger partial charge in [-0.1, -0.05) is 24.3 Å². The summed E-state index contributed by atoms with van der Waals surface area (Å²) in [4.78, 5) is 16.4. The maximum absolute atomic E-state index is 12.5. The molecule has 1 aliphatic rings. The van der Waals surface area contributed by atoms with Crippen molar-refractivity contribution in [3.05, 3.63) is 59.4 Å². The van der Waals surface area contributed by atoms with Crippen molar-refractivity contribution in [2.75, 3.05) is 11.1 Å². The minimum absolute atomic E-state index is 0.0881. The van der Waals surface area contributed by atoms with Crippen molar-refractivity contribution in [1.82, 2.24) is 4.98 Å². The van der Waals surface area contributed by atoms with Crippen LogP contribution in [0.15, 0.2) is 42.7 Å². The Morgan fingerprint density at radius 2 is 2.24 bits per heavy atom. The fourth-order valence-electron chi connectivity index (χ4n) is 2.40. The van der Waals surface area contributed by atoms with Gasteiger partial charge in [0.05, 0.1) is 11.3 Å². The molecule has 2 aromatic rings. The molecule has 1 aromatic carbocycles. The Kier molecular flexibility index (Phi) is 3.89. The van der Waals surface area contributed by atoms with Crippen LogP contribution in [0.3, 0.4) is 0 Å². The van der Waals surface area contributed by atoms with Gasteiger partial charge in [0.25, 0.3) is 0 Å². The topological polar surface area (TPSA) is 65.8 Å². The van der Waals surface area contributed by atoms with Crippen molar-refractivity contribution in [2.45, 2.75) is 11.7 Å². The van der Waals surface area contributed by atoms with Crippen molar-refractivity contribution in [3.63, 3.8) is 0 Å². The SMILES string of the molecule is N#Cc1cnccc1NC(=O)C1SCCc2ccccc21. The molecule has 2 heterocycles. The standard InChI is InChI=1S/C16H13N3OS/c17-9-12-10-18-7-5-14(12)19-16(20)15-13-4-2-1-3-11(13)6-8-21-15/h1-5,7,10,15H,6,8H2,(H,18,19,20). The number of benzene rings is 1. The smallest absolute Gasteiger partial charge is 0.242 e. The predicted molar refractivity (Wildman–Crippen MR) is 82.9 cm³/mol. The van der Waals surface area contributed by atoms with E-state index in [1.165, 1.54) is 11.8 Å². The van der Waals surface area contributed by atoms with Crippen LogP contribution in [0.2, 0.25) is 0 Å². The van der Waals surface area contributed by atoms with Gasteiger partial charge in [0.2, 0.25) is 5.91 Å². The third-order valence-electron chi connectivity index (χ3n) is 3.43. The summed E-state index contributed by atoms with van der Waals surface area (Å²) >= 11 is 1.64. The summed E-state index contributed by atoms with van der Waals surface area (Å²) in [6.45, 7) is 0. The number of pyridine rings is 1. The molecular weight excluding hydrogens is 282 g/mol. The number of fused-ring (bicyclic) bond motifs is 1. The molecule has 5 heteroatoms. The second-order valence-corrected chi connectivity index (χ2v) is 5.93. The Labute approximate surface area is 127 Å². The van der Waals surface area contributed by atoms with Gasteiger partial charge in [0, 0.05) is 12.4 Å². The summed E-state index contributed by atoms with van der Waals surface area (Å²) < 4.78 is 0. The van der Waals surface area contributed by atoms with E-state index < -0.39 is 0 Å². The zero-order valence-electron chi connectivity index (χ0n) is 11.2. The summed E-state index contributed by atoms with van der Waals surface area (Å²) in [6.07, 6.45) is 4.01. The predicted octanol–water partition coefficient (Wildman–Crippen LogP) is 2.92. The molecule has 1 unspecified atom stereocenters. The zero-order valence-corrected chi connectivity index (χ0v) is 12.1. The third kappa shape index (κ3) is 2.76. The van der Waals surface area contributed by atoms with Crippen LogP contribution in [0.4, 0.5) is 5.69 Å². The number of aryl methyl sites for hydroxylation is 1. The third-order valence-corrected chi connectivity index (χ3v) is 4.67. The van der Waals surface area contributed by atoms with Crippen LogP contribution in [0.25, 0.3) is 0 Å². The van der Waals surface area contributed by atoms with Crippen LogP contribution in [0.1, 0.15) is 21.9 Å². The molecule has 0 fully saturated rings. The number of amides is 1. The second kappa shape index (κ2) is 5.98. The number of nitriles is 1. The first kappa shape index (κ1) is 13.7. The van der Waals surface area contributed by atoms with Gasteiger partial charge in [0.15, 0.2) is 0 Å². The Morgan fingerprint density at radius 3 is 3.10 bits per heavy atom. The lowest BCUT2D eigenvalue weighted by atomic mass is 10.0. The summed E-state index contributed by atoms with van der Waals surface area (Å²) in [5.74, 6) is 0.839. The number of carbonyl (C=O) groups is 1. The number of nitrogens with one attached hydrogen (secondary N) is 1. The van der Waals surface area contributed by atoms with E-state index in [0.717, 1.165) is 17.7 Å². The first-order chi connectivity index (χ1) is 10.3. The van der Waals surface area contributed by atoms with Crippen LogP contribution in [-0.4, -0.2) is 16.6 Å². The number of thioether (sulfide) groups is 1. The highest BCUT2D eigenvalue weighted by atomic mass is 32.2. The maximum Gasteiger partial charge on any atom is 0.242 e. The van der Waals surface area contributed by atoms with Gasteiger partial charge in [-0.3, -0.25) is 9.78 Å². The molecule has 0 aliphatic carbocycles. The van der Waals surface area contributed by atoms with E-state index in [4.69, 9.17) is 5.26 Å². The van der Waals surface area contributed by atoms with Gasteiger partial charge >= 0.3 is 0 Å². The van der Waals surface area contributed by atoms with Gasteiger partial charge in [0.1, 0.15) is 11.3 Å². The van der Waals surface area contributed by atoms with Gasteiger partial charge in [-0.15, -0.1) is 11.8 Å². The molecular formula is C16H13N3OS. The average Bonchev–Trinajstić information content (AvgIpc) is 2.54. The lowest BCUT2D eigenvalue weighted by Gasteiger charge is -2.24. The molecule has 0 radical (unpaired) electrons. The fourth-order valence-corrected chi connectivity index (χ4v) is 3.60. The zero-order chi connectivity index (χ0) is 14.7. The van der Waals surface area contributed by atoms with Gasteiger partial charge in [-0.25, -0.2) is 0 Å². The van der Waals surface area contributed by atoms with Crippen LogP contribution in [-0.2, 0) is 11.2 Å². The molecule has 1 N–H and O–H groups in total. The first-order valence-electron chi connectivity index (χ1n) is 6.64. The van der Waals surface area contributed by atoms with Crippen molar-refractivity contribution >= 4 is 23.4 Å². The van der Waals surface area contributed by atoms with E-state index in [1.54, 1.807) is 24.0 Å². The molecule has 0 saturated carbocycles. The van der Waals surface area contributed by atoms with Gasteiger partial charge in [-0.2, -0.15) is 5.26 Å². The molecule has 4 nitrogen and oxygen atoms in total. The second-order valence-electron chi connectivity index (χ2n) is 4.72. The number of hydrogen-bond donors (Lipinski definition) is 1. The molecule has 1 aliphatic heterocycles. The lowest BCUT2D eigenvalue weighted by Crippen LogP contribution is -2.23. The number of hydrogen-bond acceptors (Lipinski definition) is 4. The van der Waals surface area contributed by atoms with Crippen molar-refractivity contribution in [1.29, 1.82) is 5.26 Å².